The molecule has 0 aliphatic carbocycles. The number of aliphatic hydroxyl groups is 2. The van der Waals surface area contributed by atoms with Crippen molar-refractivity contribution < 1.29 is 52.7 Å². The summed E-state index contributed by atoms with van der Waals surface area (Å²) in [7, 11) is -14.2. The van der Waals surface area contributed by atoms with Crippen LogP contribution in [-0.2, 0) is 29.4 Å². The summed E-state index contributed by atoms with van der Waals surface area (Å²) < 4.78 is 44.7. The molecular formula is C13H22NO11P3. The zero-order valence-electron chi connectivity index (χ0n) is 14.5. The number of nitrogens with zero attached hydrogens (tertiary/aromatic N) is 1. The van der Waals surface area contributed by atoms with Crippen molar-refractivity contribution in [2.75, 3.05) is 18.4 Å². The molecule has 0 amide bonds. The lowest BCUT2D eigenvalue weighted by Gasteiger charge is -2.20. The molecule has 1 aliphatic rings. The predicted octanol–water partition coefficient (Wildman–Crippen LogP) is -0.322. The summed E-state index contributed by atoms with van der Waals surface area (Å²) in [6.45, 7) is -0.675. The van der Waals surface area contributed by atoms with E-state index in [0.29, 0.717) is 0 Å². The molecule has 0 spiro atoms. The van der Waals surface area contributed by atoms with Crippen LogP contribution in [0, 0.1) is 0 Å². The first kappa shape index (κ1) is 23.8. The lowest BCUT2D eigenvalue weighted by Crippen LogP contribution is -2.34. The molecule has 1 aliphatic heterocycles. The Morgan fingerprint density at radius 1 is 1.04 bits per heavy atom. The molecule has 0 aromatic carbocycles. The Kier molecular flexibility index (Phi) is 7.75. The maximum atomic E-state index is 12.0. The minimum Gasteiger partial charge on any atom is -0.388 e. The fourth-order valence-electron chi connectivity index (χ4n) is 2.73. The van der Waals surface area contributed by atoms with Gasteiger partial charge in [0.2, 0.25) is 7.37 Å². The van der Waals surface area contributed by atoms with Gasteiger partial charge < -0.3 is 39.0 Å². The van der Waals surface area contributed by atoms with Crippen molar-refractivity contribution in [1.82, 2.24) is 4.98 Å². The van der Waals surface area contributed by atoms with E-state index >= 15 is 0 Å². The minimum absolute atomic E-state index is 0.216. The van der Waals surface area contributed by atoms with Gasteiger partial charge in [-0.3, -0.25) is 18.7 Å². The first-order valence-electron chi connectivity index (χ1n) is 8.00. The zero-order chi connectivity index (χ0) is 21.2. The van der Waals surface area contributed by atoms with E-state index in [2.05, 4.69) is 4.98 Å². The van der Waals surface area contributed by atoms with E-state index < -0.39 is 65.4 Å². The highest BCUT2D eigenvalue weighted by Crippen LogP contribution is 2.63. The van der Waals surface area contributed by atoms with Gasteiger partial charge >= 0.3 is 15.2 Å². The molecule has 12 nitrogen and oxygen atoms in total. The van der Waals surface area contributed by atoms with Gasteiger partial charge in [0.25, 0.3) is 0 Å². The SMILES string of the molecule is O=P(O)(O)CP(=O)(O)CP(=O)(O)OC[C@H]1O[C@@H](Cc2cccnc2)[C@H](O)[C@@H]1O. The molecule has 1 fully saturated rings. The molecular weight excluding hydrogens is 439 g/mol. The minimum atomic E-state index is -4.88. The van der Waals surface area contributed by atoms with Crippen LogP contribution in [-0.4, -0.2) is 77.6 Å². The normalized spacial score (nSPS) is 29.9. The highest BCUT2D eigenvalue weighted by molar-refractivity contribution is 7.79. The number of rotatable bonds is 9. The monoisotopic (exact) mass is 461 g/mol. The average molecular weight is 461 g/mol. The number of hydrogen-bond acceptors (Lipinski definition) is 8. The van der Waals surface area contributed by atoms with Crippen LogP contribution in [0.25, 0.3) is 0 Å². The molecule has 2 rings (SSSR count). The van der Waals surface area contributed by atoms with E-state index in [9.17, 15) is 33.7 Å². The molecule has 160 valence electrons. The Morgan fingerprint density at radius 3 is 2.25 bits per heavy atom. The van der Waals surface area contributed by atoms with Crippen molar-refractivity contribution >= 4 is 22.6 Å². The topological polar surface area (TPSA) is 204 Å². The highest BCUT2D eigenvalue weighted by atomic mass is 31.3. The quantitative estimate of drug-likeness (QED) is 0.262. The van der Waals surface area contributed by atoms with Crippen molar-refractivity contribution in [3.8, 4) is 0 Å². The summed E-state index contributed by atoms with van der Waals surface area (Å²) in [4.78, 5) is 40.6. The molecule has 1 aromatic heterocycles. The molecule has 6 atom stereocenters. The van der Waals surface area contributed by atoms with Gasteiger partial charge in [-0.15, -0.1) is 0 Å². The van der Waals surface area contributed by atoms with Gasteiger partial charge in [0, 0.05) is 18.8 Å². The van der Waals surface area contributed by atoms with Crippen LogP contribution in [0.15, 0.2) is 24.5 Å². The second kappa shape index (κ2) is 9.12. The van der Waals surface area contributed by atoms with E-state index in [1.54, 1.807) is 24.5 Å². The van der Waals surface area contributed by atoms with E-state index in [1.807, 2.05) is 0 Å². The largest absolute Gasteiger partial charge is 0.388 e. The summed E-state index contributed by atoms with van der Waals surface area (Å²) in [6, 6.07) is 3.42. The number of ether oxygens (including phenoxy) is 1. The van der Waals surface area contributed by atoms with Crippen LogP contribution in [0.4, 0.5) is 0 Å². The maximum Gasteiger partial charge on any atom is 0.337 e. The van der Waals surface area contributed by atoms with E-state index in [4.69, 9.17) is 19.0 Å². The molecule has 1 saturated heterocycles. The number of aliphatic hydroxyl groups excluding tert-OH is 2. The van der Waals surface area contributed by atoms with Gasteiger partial charge in [-0.25, -0.2) is 0 Å². The molecule has 0 saturated carbocycles. The smallest absolute Gasteiger partial charge is 0.337 e. The van der Waals surface area contributed by atoms with E-state index in [-0.39, 0.29) is 6.42 Å². The van der Waals surface area contributed by atoms with Crippen LogP contribution >= 0.6 is 22.6 Å². The van der Waals surface area contributed by atoms with Gasteiger partial charge in [0.05, 0.1) is 12.7 Å². The summed E-state index contributed by atoms with van der Waals surface area (Å²) in [5, 5.41) is 20.1. The lowest BCUT2D eigenvalue weighted by atomic mass is 10.0. The summed E-state index contributed by atoms with van der Waals surface area (Å²) in [6.07, 6.45) is -1.42. The first-order valence-corrected chi connectivity index (χ1v) is 13.6. The second-order valence-corrected chi connectivity index (χ2v) is 13.3. The summed E-state index contributed by atoms with van der Waals surface area (Å²) >= 11 is 0. The third-order valence-electron chi connectivity index (χ3n) is 3.87. The van der Waals surface area contributed by atoms with Crippen molar-refractivity contribution in [2.45, 2.75) is 30.8 Å². The Morgan fingerprint density at radius 2 is 1.68 bits per heavy atom. The standard InChI is InChI=1S/C13H22NO11P3/c15-12-10(4-9-2-1-3-14-5-9)25-11(13(12)16)6-24-28(22,23)8-26(17,18)7-27(19,20)21/h1-3,5,10-13,15-16H,4,6-8H2,(H,17,18)(H,22,23)(H2,19,20,21)/t10-,11+,12-,13+/m0/s1. The van der Waals surface area contributed by atoms with Crippen LogP contribution in [0.3, 0.4) is 0 Å². The Labute approximate surface area is 160 Å². The van der Waals surface area contributed by atoms with E-state index in [1.165, 1.54) is 0 Å². The van der Waals surface area contributed by atoms with Gasteiger partial charge in [-0.2, -0.15) is 0 Å². The van der Waals surface area contributed by atoms with Crippen molar-refractivity contribution in [3.63, 3.8) is 0 Å². The Hall–Kier alpha value is -0.480. The number of hydrogen-bond donors (Lipinski definition) is 6. The van der Waals surface area contributed by atoms with E-state index in [0.717, 1.165) is 5.56 Å². The van der Waals surface area contributed by atoms with Crippen LogP contribution in [0.2, 0.25) is 0 Å². The molecule has 6 N–H and O–H groups in total. The zero-order valence-corrected chi connectivity index (χ0v) is 17.1. The fourth-order valence-corrected chi connectivity index (χ4v) is 9.13. The van der Waals surface area contributed by atoms with Gasteiger partial charge in [-0.05, 0) is 11.6 Å². The average Bonchev–Trinajstić information content (AvgIpc) is 2.79. The van der Waals surface area contributed by atoms with Crippen LogP contribution < -0.4 is 0 Å². The van der Waals surface area contributed by atoms with Crippen LogP contribution in [0.1, 0.15) is 5.56 Å². The molecule has 2 unspecified atom stereocenters. The molecule has 2 heterocycles. The third kappa shape index (κ3) is 7.40. The van der Waals surface area contributed by atoms with Gasteiger partial charge in [0.15, 0.2) is 0 Å². The molecule has 15 heteroatoms. The van der Waals surface area contributed by atoms with Crippen molar-refractivity contribution in [2.24, 2.45) is 0 Å². The fraction of sp³-hybridized carbons (Fsp3) is 0.615. The Bertz CT molecular complexity index is 800. The van der Waals surface area contributed by atoms with Gasteiger partial charge in [-0.1, -0.05) is 6.07 Å². The Balaban J connectivity index is 1.93. The highest BCUT2D eigenvalue weighted by Gasteiger charge is 2.44. The first-order chi connectivity index (χ1) is 12.8. The summed E-state index contributed by atoms with van der Waals surface area (Å²) in [5.41, 5.74) is 0.729. The van der Waals surface area contributed by atoms with Crippen LogP contribution in [0.5, 0.6) is 0 Å². The van der Waals surface area contributed by atoms with Crippen molar-refractivity contribution in [1.29, 1.82) is 0 Å². The summed E-state index contributed by atoms with van der Waals surface area (Å²) in [5.74, 6) is -2.82. The lowest BCUT2D eigenvalue weighted by molar-refractivity contribution is -0.0174. The molecule has 0 radical (unpaired) electrons. The van der Waals surface area contributed by atoms with Crippen molar-refractivity contribution in [3.05, 3.63) is 30.1 Å². The molecule has 28 heavy (non-hydrogen) atoms. The molecule has 0 bridgehead atoms. The number of aromatic nitrogens is 1. The third-order valence-corrected chi connectivity index (χ3v) is 10.9. The predicted molar refractivity (Wildman–Crippen MR) is 96.0 cm³/mol. The number of pyridine rings is 1. The van der Waals surface area contributed by atoms with Gasteiger partial charge in [0.1, 0.15) is 30.1 Å². The maximum absolute atomic E-state index is 12.0. The molecule has 1 aromatic rings. The second-order valence-electron chi connectivity index (χ2n) is 6.49.